The van der Waals surface area contributed by atoms with Gasteiger partial charge in [-0.05, 0) is 93.8 Å². The SMILES string of the molecule is CCCCC(Cc1cccc(Nc2ccc3c(c2)CCC3)c1)C(=O)OC(C)(C)C. The zero-order valence-electron chi connectivity index (χ0n) is 18.4. The van der Waals surface area contributed by atoms with E-state index in [4.69, 9.17) is 4.74 Å². The summed E-state index contributed by atoms with van der Waals surface area (Å²) < 4.78 is 5.68. The molecule has 2 aromatic carbocycles. The standard InChI is InChI=1S/C26H35NO2/c1-5-6-10-22(25(28)29-26(2,3)4)16-19-9-7-13-23(17-19)27-24-15-14-20-11-8-12-21(20)18-24/h7,9,13-15,17-18,22,27H,5-6,8,10-12,16H2,1-4H3. The first-order valence-corrected chi connectivity index (χ1v) is 11.0. The number of anilines is 2. The number of esters is 1. The number of hydrogen-bond donors (Lipinski definition) is 1. The van der Waals surface area contributed by atoms with Crippen molar-refractivity contribution in [3.05, 3.63) is 59.2 Å². The van der Waals surface area contributed by atoms with E-state index in [9.17, 15) is 4.79 Å². The first-order valence-electron chi connectivity index (χ1n) is 11.0. The number of ether oxygens (including phenoxy) is 1. The third kappa shape index (κ3) is 6.35. The van der Waals surface area contributed by atoms with Crippen molar-refractivity contribution in [1.82, 2.24) is 0 Å². The number of benzene rings is 2. The summed E-state index contributed by atoms with van der Waals surface area (Å²) in [6.45, 7) is 7.96. The van der Waals surface area contributed by atoms with Gasteiger partial charge in [-0.1, -0.05) is 38.0 Å². The molecule has 0 heterocycles. The highest BCUT2D eigenvalue weighted by Crippen LogP contribution is 2.28. The monoisotopic (exact) mass is 393 g/mol. The van der Waals surface area contributed by atoms with Crippen molar-refractivity contribution >= 4 is 17.3 Å². The zero-order valence-corrected chi connectivity index (χ0v) is 18.4. The predicted molar refractivity (Wildman–Crippen MR) is 121 cm³/mol. The highest BCUT2D eigenvalue weighted by atomic mass is 16.6. The molecule has 0 saturated heterocycles. The molecule has 1 atom stereocenters. The lowest BCUT2D eigenvalue weighted by Crippen LogP contribution is -2.29. The Hall–Kier alpha value is -2.29. The lowest BCUT2D eigenvalue weighted by molar-refractivity contribution is -0.160. The molecule has 0 aromatic heterocycles. The number of nitrogens with one attached hydrogen (secondary N) is 1. The molecule has 0 amide bonds. The van der Waals surface area contributed by atoms with Crippen LogP contribution in [0.3, 0.4) is 0 Å². The third-order valence-electron chi connectivity index (χ3n) is 5.44. The second-order valence-corrected chi connectivity index (χ2v) is 9.24. The van der Waals surface area contributed by atoms with E-state index in [2.05, 4.69) is 54.7 Å². The topological polar surface area (TPSA) is 38.3 Å². The fourth-order valence-corrected chi connectivity index (χ4v) is 4.02. The van der Waals surface area contributed by atoms with Crippen LogP contribution >= 0.6 is 0 Å². The van der Waals surface area contributed by atoms with E-state index < -0.39 is 5.60 Å². The van der Waals surface area contributed by atoms with E-state index in [1.54, 1.807) is 0 Å². The summed E-state index contributed by atoms with van der Waals surface area (Å²) in [5, 5.41) is 3.54. The highest BCUT2D eigenvalue weighted by molar-refractivity contribution is 5.73. The van der Waals surface area contributed by atoms with E-state index in [-0.39, 0.29) is 11.9 Å². The second kappa shape index (κ2) is 9.47. The van der Waals surface area contributed by atoms with Crippen LogP contribution in [0, 0.1) is 5.92 Å². The molecule has 3 rings (SSSR count). The molecule has 3 nitrogen and oxygen atoms in total. The number of fused-ring (bicyclic) bond motifs is 1. The van der Waals surface area contributed by atoms with Gasteiger partial charge < -0.3 is 10.1 Å². The molecule has 1 aliphatic rings. The first kappa shape index (κ1) is 21.4. The van der Waals surface area contributed by atoms with Crippen LogP contribution in [0.4, 0.5) is 11.4 Å². The maximum atomic E-state index is 12.7. The normalized spacial score (nSPS) is 14.3. The van der Waals surface area contributed by atoms with Gasteiger partial charge >= 0.3 is 5.97 Å². The summed E-state index contributed by atoms with van der Waals surface area (Å²) in [6, 6.07) is 15.1. The fourth-order valence-electron chi connectivity index (χ4n) is 4.02. The lowest BCUT2D eigenvalue weighted by Gasteiger charge is -2.24. The molecule has 0 aliphatic heterocycles. The van der Waals surface area contributed by atoms with E-state index in [0.29, 0.717) is 6.42 Å². The Morgan fingerprint density at radius 2 is 1.83 bits per heavy atom. The molecule has 156 valence electrons. The second-order valence-electron chi connectivity index (χ2n) is 9.24. The van der Waals surface area contributed by atoms with Crippen LogP contribution in [-0.2, 0) is 28.8 Å². The van der Waals surface area contributed by atoms with Gasteiger partial charge in [0.05, 0.1) is 5.92 Å². The van der Waals surface area contributed by atoms with E-state index in [1.807, 2.05) is 20.8 Å². The minimum atomic E-state index is -0.446. The molecule has 3 heteroatoms. The van der Waals surface area contributed by atoms with E-state index >= 15 is 0 Å². The van der Waals surface area contributed by atoms with Crippen molar-refractivity contribution in [2.45, 2.75) is 78.2 Å². The summed E-state index contributed by atoms with van der Waals surface area (Å²) >= 11 is 0. The molecule has 0 spiro atoms. The molecule has 29 heavy (non-hydrogen) atoms. The van der Waals surface area contributed by atoms with Crippen molar-refractivity contribution in [2.24, 2.45) is 5.92 Å². The summed E-state index contributed by atoms with van der Waals surface area (Å²) in [5.74, 6) is -0.174. The van der Waals surface area contributed by atoms with Gasteiger partial charge in [0.15, 0.2) is 0 Å². The molecular weight excluding hydrogens is 358 g/mol. The molecule has 1 unspecified atom stereocenters. The molecule has 0 radical (unpaired) electrons. The smallest absolute Gasteiger partial charge is 0.309 e. The van der Waals surface area contributed by atoms with Crippen LogP contribution in [0.25, 0.3) is 0 Å². The minimum Gasteiger partial charge on any atom is -0.460 e. The Bertz CT molecular complexity index is 835. The summed E-state index contributed by atoms with van der Waals surface area (Å²) in [6.07, 6.45) is 7.35. The molecule has 1 N–H and O–H groups in total. The Labute approximate surface area is 175 Å². The largest absolute Gasteiger partial charge is 0.460 e. The third-order valence-corrected chi connectivity index (χ3v) is 5.44. The summed E-state index contributed by atoms with van der Waals surface area (Å²) in [4.78, 5) is 12.7. The Morgan fingerprint density at radius 1 is 1.07 bits per heavy atom. The average Bonchev–Trinajstić information content (AvgIpc) is 3.12. The van der Waals surface area contributed by atoms with Crippen molar-refractivity contribution < 1.29 is 9.53 Å². The Balaban J connectivity index is 1.70. The number of unbranched alkanes of at least 4 members (excludes halogenated alkanes) is 1. The average molecular weight is 394 g/mol. The van der Waals surface area contributed by atoms with E-state index in [1.165, 1.54) is 36.0 Å². The van der Waals surface area contributed by atoms with Gasteiger partial charge in [-0.25, -0.2) is 0 Å². The van der Waals surface area contributed by atoms with Crippen molar-refractivity contribution in [3.8, 4) is 0 Å². The van der Waals surface area contributed by atoms with Crippen LogP contribution in [-0.4, -0.2) is 11.6 Å². The van der Waals surface area contributed by atoms with Crippen molar-refractivity contribution in [2.75, 3.05) is 5.32 Å². The number of rotatable bonds is 8. The summed E-state index contributed by atoms with van der Waals surface area (Å²) in [7, 11) is 0. The van der Waals surface area contributed by atoms with E-state index in [0.717, 1.165) is 30.6 Å². The zero-order chi connectivity index (χ0) is 20.9. The van der Waals surface area contributed by atoms with Gasteiger partial charge in [0.2, 0.25) is 0 Å². The molecule has 2 aromatic rings. The predicted octanol–water partition coefficient (Wildman–Crippen LogP) is 6.61. The Morgan fingerprint density at radius 3 is 2.59 bits per heavy atom. The van der Waals surface area contributed by atoms with Gasteiger partial charge in [0.25, 0.3) is 0 Å². The maximum absolute atomic E-state index is 12.7. The van der Waals surface area contributed by atoms with Crippen LogP contribution in [0.5, 0.6) is 0 Å². The summed E-state index contributed by atoms with van der Waals surface area (Å²) in [5.41, 5.74) is 5.88. The molecule has 0 fully saturated rings. The van der Waals surface area contributed by atoms with Crippen molar-refractivity contribution in [3.63, 3.8) is 0 Å². The maximum Gasteiger partial charge on any atom is 0.309 e. The number of aryl methyl sites for hydroxylation is 2. The molecular formula is C26H35NO2. The van der Waals surface area contributed by atoms with Gasteiger partial charge in [-0.2, -0.15) is 0 Å². The fraction of sp³-hybridized carbons (Fsp3) is 0.500. The first-order chi connectivity index (χ1) is 13.8. The molecule has 0 saturated carbocycles. The number of hydrogen-bond acceptors (Lipinski definition) is 3. The molecule has 0 bridgehead atoms. The number of carbonyl (C=O) groups excluding carboxylic acids is 1. The van der Waals surface area contributed by atoms with Crippen LogP contribution < -0.4 is 5.32 Å². The van der Waals surface area contributed by atoms with Gasteiger partial charge in [0, 0.05) is 11.4 Å². The van der Waals surface area contributed by atoms with Crippen molar-refractivity contribution in [1.29, 1.82) is 0 Å². The van der Waals surface area contributed by atoms with Gasteiger partial charge in [0.1, 0.15) is 5.60 Å². The minimum absolute atomic E-state index is 0.0806. The number of carbonyl (C=O) groups is 1. The van der Waals surface area contributed by atoms with Crippen LogP contribution in [0.1, 0.15) is 70.1 Å². The highest BCUT2D eigenvalue weighted by Gasteiger charge is 2.25. The lowest BCUT2D eigenvalue weighted by atomic mass is 9.93. The van der Waals surface area contributed by atoms with Gasteiger partial charge in [-0.3, -0.25) is 4.79 Å². The Kier molecular flexibility index (Phi) is 7.00. The molecule has 1 aliphatic carbocycles. The van der Waals surface area contributed by atoms with Crippen LogP contribution in [0.2, 0.25) is 0 Å². The quantitative estimate of drug-likeness (QED) is 0.513. The van der Waals surface area contributed by atoms with Crippen LogP contribution in [0.15, 0.2) is 42.5 Å². The van der Waals surface area contributed by atoms with Gasteiger partial charge in [-0.15, -0.1) is 0 Å².